The summed E-state index contributed by atoms with van der Waals surface area (Å²) in [6, 6.07) is 10.8. The van der Waals surface area contributed by atoms with Crippen LogP contribution in [0.25, 0.3) is 21.0 Å². The topological polar surface area (TPSA) is 12.9 Å². The molecule has 0 spiro atoms. The van der Waals surface area contributed by atoms with E-state index in [1.54, 1.807) is 11.3 Å². The van der Waals surface area contributed by atoms with Crippen molar-refractivity contribution in [2.24, 2.45) is 0 Å². The van der Waals surface area contributed by atoms with Crippen LogP contribution in [0.2, 0.25) is 0 Å². The van der Waals surface area contributed by atoms with Crippen LogP contribution >= 0.6 is 11.3 Å². The van der Waals surface area contributed by atoms with Crippen molar-refractivity contribution < 1.29 is 0 Å². The van der Waals surface area contributed by atoms with Gasteiger partial charge in [0.2, 0.25) is 0 Å². The molecule has 0 aliphatic heterocycles. The fraction of sp³-hybridized carbons (Fsp3) is 0.154. The van der Waals surface area contributed by atoms with Crippen molar-refractivity contribution in [1.82, 2.24) is 4.98 Å². The minimum atomic E-state index is 1.08. The molecule has 1 nitrogen and oxygen atoms in total. The maximum atomic E-state index is 4.44. The lowest BCUT2D eigenvalue weighted by molar-refractivity contribution is 1.16. The normalized spacial score (nSPS) is 11.3. The van der Waals surface area contributed by atoms with Gasteiger partial charge in [0.1, 0.15) is 0 Å². The summed E-state index contributed by atoms with van der Waals surface area (Å²) in [6.45, 7) is 2.20. The van der Waals surface area contributed by atoms with Crippen molar-refractivity contribution >= 4 is 32.3 Å². The summed E-state index contributed by atoms with van der Waals surface area (Å²) in [5.74, 6) is 0. The van der Waals surface area contributed by atoms with Gasteiger partial charge in [-0.2, -0.15) is 0 Å². The maximum Gasteiger partial charge on any atom is 0.0890 e. The number of nitrogens with zero attached hydrogens (tertiary/aromatic N) is 1. The highest BCUT2D eigenvalue weighted by Crippen LogP contribution is 2.30. The molecule has 0 saturated heterocycles. The van der Waals surface area contributed by atoms with Gasteiger partial charge in [-0.1, -0.05) is 31.2 Å². The second kappa shape index (κ2) is 3.31. The van der Waals surface area contributed by atoms with Crippen molar-refractivity contribution in [2.45, 2.75) is 13.3 Å². The molecule has 0 amide bonds. The lowest BCUT2D eigenvalue weighted by Gasteiger charge is -2.04. The van der Waals surface area contributed by atoms with Gasteiger partial charge in [0.05, 0.1) is 15.7 Å². The third kappa shape index (κ3) is 1.25. The zero-order valence-corrected chi connectivity index (χ0v) is 9.34. The van der Waals surface area contributed by atoms with E-state index < -0.39 is 0 Å². The molecule has 0 fully saturated rings. The third-order valence-corrected chi connectivity index (χ3v) is 3.59. The van der Waals surface area contributed by atoms with Gasteiger partial charge in [-0.05, 0) is 23.4 Å². The molecule has 1 heterocycles. The minimum Gasteiger partial charge on any atom is -0.244 e. The second-order valence-corrected chi connectivity index (χ2v) is 4.52. The van der Waals surface area contributed by atoms with E-state index in [0.29, 0.717) is 0 Å². The molecule has 0 atom stereocenters. The van der Waals surface area contributed by atoms with E-state index in [1.165, 1.54) is 21.0 Å². The average molecular weight is 213 g/mol. The molecule has 0 aliphatic rings. The first-order valence-electron chi connectivity index (χ1n) is 5.14. The van der Waals surface area contributed by atoms with Crippen LogP contribution in [-0.2, 0) is 6.42 Å². The number of fused-ring (bicyclic) bond motifs is 3. The van der Waals surface area contributed by atoms with Crippen molar-refractivity contribution in [3.05, 3.63) is 41.4 Å². The SMILES string of the molecule is CCc1cc2scnc2c2ccccc12. The van der Waals surface area contributed by atoms with E-state index in [0.717, 1.165) is 11.9 Å². The summed E-state index contributed by atoms with van der Waals surface area (Å²) >= 11 is 1.72. The molecule has 2 aromatic carbocycles. The van der Waals surface area contributed by atoms with Crippen molar-refractivity contribution in [1.29, 1.82) is 0 Å². The fourth-order valence-corrected chi connectivity index (χ4v) is 2.81. The van der Waals surface area contributed by atoms with E-state index in [2.05, 4.69) is 42.2 Å². The monoisotopic (exact) mass is 213 g/mol. The lowest BCUT2D eigenvalue weighted by Crippen LogP contribution is -1.84. The van der Waals surface area contributed by atoms with Crippen molar-refractivity contribution in [3.63, 3.8) is 0 Å². The standard InChI is InChI=1S/C13H11NS/c1-2-9-7-12-13(14-8-15-12)11-6-4-3-5-10(9)11/h3-8H,2H2,1H3. The van der Waals surface area contributed by atoms with Gasteiger partial charge in [0, 0.05) is 5.39 Å². The van der Waals surface area contributed by atoms with Crippen LogP contribution in [-0.4, -0.2) is 4.98 Å². The predicted octanol–water partition coefficient (Wildman–Crippen LogP) is 4.01. The summed E-state index contributed by atoms with van der Waals surface area (Å²) in [5, 5.41) is 2.63. The average Bonchev–Trinajstić information content (AvgIpc) is 2.76. The molecule has 3 rings (SSSR count). The van der Waals surface area contributed by atoms with Crippen LogP contribution in [0.1, 0.15) is 12.5 Å². The minimum absolute atomic E-state index is 1.08. The Morgan fingerprint density at radius 1 is 1.20 bits per heavy atom. The molecular formula is C13H11NS. The van der Waals surface area contributed by atoms with Gasteiger partial charge in [0.25, 0.3) is 0 Å². The number of benzene rings is 2. The highest BCUT2D eigenvalue weighted by atomic mass is 32.1. The summed E-state index contributed by atoms with van der Waals surface area (Å²) in [4.78, 5) is 4.44. The van der Waals surface area contributed by atoms with E-state index >= 15 is 0 Å². The summed E-state index contributed by atoms with van der Waals surface area (Å²) < 4.78 is 1.30. The van der Waals surface area contributed by atoms with E-state index in [4.69, 9.17) is 0 Å². The van der Waals surface area contributed by atoms with Crippen LogP contribution < -0.4 is 0 Å². The molecule has 1 aromatic heterocycles. The van der Waals surface area contributed by atoms with Gasteiger partial charge in [-0.25, -0.2) is 4.98 Å². The third-order valence-electron chi connectivity index (χ3n) is 2.81. The molecule has 0 bridgehead atoms. The summed E-state index contributed by atoms with van der Waals surface area (Å²) in [6.07, 6.45) is 1.08. The van der Waals surface area contributed by atoms with Gasteiger partial charge in [-0.3, -0.25) is 0 Å². The highest BCUT2D eigenvalue weighted by molar-refractivity contribution is 7.16. The maximum absolute atomic E-state index is 4.44. The molecule has 74 valence electrons. The predicted molar refractivity (Wildman–Crippen MR) is 66.5 cm³/mol. The Bertz CT molecular complexity index is 625. The van der Waals surface area contributed by atoms with Crippen LogP contribution in [0.5, 0.6) is 0 Å². The summed E-state index contributed by atoms with van der Waals surface area (Å²) in [7, 11) is 0. The molecule has 0 aliphatic carbocycles. The first kappa shape index (κ1) is 8.86. The van der Waals surface area contributed by atoms with Crippen molar-refractivity contribution in [3.8, 4) is 0 Å². The Balaban J connectivity index is 2.58. The highest BCUT2D eigenvalue weighted by Gasteiger charge is 2.06. The Hall–Kier alpha value is -1.41. The number of aryl methyl sites for hydroxylation is 1. The molecule has 0 saturated carbocycles. The molecule has 0 radical (unpaired) electrons. The number of hydrogen-bond donors (Lipinski definition) is 0. The molecule has 2 heteroatoms. The van der Waals surface area contributed by atoms with E-state index in [1.807, 2.05) is 5.51 Å². The molecule has 0 unspecified atom stereocenters. The summed E-state index contributed by atoms with van der Waals surface area (Å²) in [5.41, 5.74) is 4.49. The first-order valence-corrected chi connectivity index (χ1v) is 6.02. The lowest BCUT2D eigenvalue weighted by atomic mass is 10.0. The number of hydrogen-bond acceptors (Lipinski definition) is 2. The van der Waals surface area contributed by atoms with Crippen LogP contribution in [0.4, 0.5) is 0 Å². The van der Waals surface area contributed by atoms with Gasteiger partial charge >= 0.3 is 0 Å². The number of rotatable bonds is 1. The van der Waals surface area contributed by atoms with Crippen LogP contribution in [0.3, 0.4) is 0 Å². The Morgan fingerprint density at radius 3 is 2.80 bits per heavy atom. The van der Waals surface area contributed by atoms with Crippen molar-refractivity contribution in [2.75, 3.05) is 0 Å². The Labute approximate surface area is 92.4 Å². The Kier molecular flexibility index (Phi) is 1.96. The van der Waals surface area contributed by atoms with Gasteiger partial charge in [-0.15, -0.1) is 11.3 Å². The molecular weight excluding hydrogens is 202 g/mol. The smallest absolute Gasteiger partial charge is 0.0890 e. The van der Waals surface area contributed by atoms with Crippen LogP contribution in [0, 0.1) is 0 Å². The zero-order valence-electron chi connectivity index (χ0n) is 8.53. The number of thiazole rings is 1. The van der Waals surface area contributed by atoms with E-state index in [-0.39, 0.29) is 0 Å². The largest absolute Gasteiger partial charge is 0.244 e. The molecule has 15 heavy (non-hydrogen) atoms. The first-order chi connectivity index (χ1) is 7.40. The van der Waals surface area contributed by atoms with E-state index in [9.17, 15) is 0 Å². The zero-order chi connectivity index (χ0) is 10.3. The molecule has 3 aromatic rings. The second-order valence-electron chi connectivity index (χ2n) is 3.63. The fourth-order valence-electron chi connectivity index (χ4n) is 2.06. The number of aromatic nitrogens is 1. The molecule has 0 N–H and O–H groups in total. The van der Waals surface area contributed by atoms with Gasteiger partial charge < -0.3 is 0 Å². The van der Waals surface area contributed by atoms with Crippen LogP contribution in [0.15, 0.2) is 35.8 Å². The van der Waals surface area contributed by atoms with Gasteiger partial charge in [0.15, 0.2) is 0 Å². The Morgan fingerprint density at radius 2 is 2.00 bits per heavy atom. The quantitative estimate of drug-likeness (QED) is 0.595.